The first-order chi connectivity index (χ1) is 27.1. The van der Waals surface area contributed by atoms with Gasteiger partial charge in [0.25, 0.3) is 0 Å². The number of carbonyl (C=O) groups is 3. The molecule has 17 nitrogen and oxygen atoms in total. The number of allylic oxidation sites excluding steroid dienone is 4. The van der Waals surface area contributed by atoms with Crippen molar-refractivity contribution < 1.29 is 84.4 Å². The van der Waals surface area contributed by atoms with Crippen molar-refractivity contribution in [1.29, 1.82) is 0 Å². The SMILES string of the molecule is CC(C)(O)CCC(=O)C(C)(O)C1C(O)CC2(C)C3CC=C4C(C=C(OC5OC(CO)C(OC6OC(CO)C(O)C(O)C6O)C(O)C5O)C(=O)C4(C)C)C3(C)C(=O)CC12C. The fourth-order valence-corrected chi connectivity index (χ4v) is 11.7. The number of ketones is 3. The molecule has 4 aliphatic carbocycles. The Morgan fingerprint density at radius 1 is 0.831 bits per heavy atom. The van der Waals surface area contributed by atoms with Gasteiger partial charge in [-0.15, -0.1) is 0 Å². The Kier molecular flexibility index (Phi) is 12.2. The second kappa shape index (κ2) is 15.5. The van der Waals surface area contributed by atoms with Gasteiger partial charge >= 0.3 is 0 Å². The highest BCUT2D eigenvalue weighted by Crippen LogP contribution is 2.74. The summed E-state index contributed by atoms with van der Waals surface area (Å²) in [5, 5.41) is 107. The van der Waals surface area contributed by atoms with E-state index in [2.05, 4.69) is 0 Å². The van der Waals surface area contributed by atoms with Crippen LogP contribution in [0.15, 0.2) is 23.5 Å². The Hall–Kier alpha value is -2.23. The Balaban J connectivity index is 1.29. The van der Waals surface area contributed by atoms with E-state index in [0.29, 0.717) is 12.0 Å². The van der Waals surface area contributed by atoms with Crippen molar-refractivity contribution in [2.45, 2.75) is 166 Å². The minimum atomic E-state index is -2.02. The molecule has 2 aliphatic heterocycles. The molecule has 0 amide bonds. The molecule has 59 heavy (non-hydrogen) atoms. The summed E-state index contributed by atoms with van der Waals surface area (Å²) < 4.78 is 22.9. The molecule has 0 bridgehead atoms. The van der Waals surface area contributed by atoms with Crippen LogP contribution in [0.4, 0.5) is 0 Å². The lowest BCUT2D eigenvalue weighted by Crippen LogP contribution is -2.65. The highest BCUT2D eigenvalue weighted by molar-refractivity contribution is 6.02. The van der Waals surface area contributed by atoms with Crippen LogP contribution in [-0.2, 0) is 33.3 Å². The molecule has 4 fully saturated rings. The maximum atomic E-state index is 14.9. The third kappa shape index (κ3) is 7.19. The molecular weight excluding hydrogens is 776 g/mol. The van der Waals surface area contributed by atoms with Crippen molar-refractivity contribution >= 4 is 17.3 Å². The van der Waals surface area contributed by atoms with E-state index in [1.807, 2.05) is 26.8 Å². The van der Waals surface area contributed by atoms with E-state index in [1.165, 1.54) is 13.0 Å². The van der Waals surface area contributed by atoms with E-state index >= 15 is 0 Å². The fraction of sp³-hybridized carbons (Fsp3) is 0.833. The molecule has 10 N–H and O–H groups in total. The van der Waals surface area contributed by atoms with E-state index in [9.17, 15) is 65.4 Å². The fourth-order valence-electron chi connectivity index (χ4n) is 11.7. The lowest BCUT2D eigenvalue weighted by molar-refractivity contribution is -0.356. The van der Waals surface area contributed by atoms with Crippen LogP contribution in [0, 0.1) is 39.4 Å². The van der Waals surface area contributed by atoms with Gasteiger partial charge in [-0.1, -0.05) is 32.4 Å². The molecule has 0 spiro atoms. The smallest absolute Gasteiger partial charge is 0.229 e. The predicted octanol–water partition coefficient (Wildman–Crippen LogP) is -1.07. The molecule has 6 aliphatic rings. The Morgan fingerprint density at radius 2 is 1.42 bits per heavy atom. The summed E-state index contributed by atoms with van der Waals surface area (Å²) in [7, 11) is 0. The molecule has 0 aromatic carbocycles. The lowest BCUT2D eigenvalue weighted by atomic mass is 9.39. The molecule has 18 unspecified atom stereocenters. The maximum absolute atomic E-state index is 14.9. The zero-order chi connectivity index (χ0) is 44.2. The van der Waals surface area contributed by atoms with Crippen LogP contribution in [0.5, 0.6) is 0 Å². The Bertz CT molecular complexity index is 1710. The van der Waals surface area contributed by atoms with Gasteiger partial charge in [-0.25, -0.2) is 0 Å². The summed E-state index contributed by atoms with van der Waals surface area (Å²) in [5.41, 5.74) is -6.77. The van der Waals surface area contributed by atoms with E-state index in [-0.39, 0.29) is 37.2 Å². The maximum Gasteiger partial charge on any atom is 0.229 e. The van der Waals surface area contributed by atoms with Crippen LogP contribution < -0.4 is 0 Å². The number of fused-ring (bicyclic) bond motifs is 5. The summed E-state index contributed by atoms with van der Waals surface area (Å²) in [4.78, 5) is 42.7. The number of rotatable bonds is 11. The minimum absolute atomic E-state index is 0.0952. The second-order valence-electron chi connectivity index (χ2n) is 19.9. The quantitative estimate of drug-likeness (QED) is 0.111. The third-order valence-electron chi connectivity index (χ3n) is 15.4. The first-order valence-corrected chi connectivity index (χ1v) is 20.5. The largest absolute Gasteiger partial charge is 0.459 e. The highest BCUT2D eigenvalue weighted by atomic mass is 16.7. The molecule has 17 heteroatoms. The van der Waals surface area contributed by atoms with E-state index < -0.39 is 143 Å². The normalized spacial score (nSPS) is 46.9. The molecule has 2 saturated heterocycles. The van der Waals surface area contributed by atoms with Crippen molar-refractivity contribution in [1.82, 2.24) is 0 Å². The van der Waals surface area contributed by atoms with Crippen LogP contribution in [0.3, 0.4) is 0 Å². The van der Waals surface area contributed by atoms with Crippen LogP contribution in [-0.4, -0.2) is 160 Å². The van der Waals surface area contributed by atoms with Crippen molar-refractivity contribution in [3.63, 3.8) is 0 Å². The van der Waals surface area contributed by atoms with Crippen molar-refractivity contribution in [2.24, 2.45) is 39.4 Å². The van der Waals surface area contributed by atoms with Gasteiger partial charge in [-0.3, -0.25) is 14.4 Å². The molecule has 0 radical (unpaired) electrons. The predicted molar refractivity (Wildman–Crippen MR) is 203 cm³/mol. The standard InChI is InChI=1S/C42H64O17/c1-37(2,54)12-11-25(46)42(8,55)33-20(45)14-39(5)24-10-9-18-19(41(24,7)26(47)15-40(33,39)6)13-21(34(53)38(18,3)4)56-35-31(52)29(50)32(23(17-44)58-35)59-36-30(51)28(49)27(48)22(16-43)57-36/h9,13,19-20,22-24,27-33,35-36,43-45,48-52,54-55H,10-12,14-17H2,1-8H3. The minimum Gasteiger partial charge on any atom is -0.459 e. The number of Topliss-reactive ketones (excluding diaryl/α,β-unsaturated/α-hetero) is 3. The van der Waals surface area contributed by atoms with Crippen LogP contribution in [0.2, 0.25) is 0 Å². The average Bonchev–Trinajstić information content (AvgIpc) is 3.36. The number of aliphatic hydroxyl groups excluding tert-OH is 8. The number of hydrogen-bond acceptors (Lipinski definition) is 17. The number of carbonyl (C=O) groups excluding carboxylic acids is 3. The van der Waals surface area contributed by atoms with Crippen LogP contribution in [0.25, 0.3) is 0 Å². The van der Waals surface area contributed by atoms with E-state index in [1.54, 1.807) is 27.7 Å². The molecule has 0 aromatic rings. The summed E-state index contributed by atoms with van der Waals surface area (Å²) in [6, 6.07) is 0. The second-order valence-corrected chi connectivity index (χ2v) is 19.9. The first kappa shape index (κ1) is 46.3. The van der Waals surface area contributed by atoms with E-state index in [0.717, 1.165) is 0 Å². The van der Waals surface area contributed by atoms with Gasteiger partial charge in [0.1, 0.15) is 60.2 Å². The summed E-state index contributed by atoms with van der Waals surface area (Å²) >= 11 is 0. The van der Waals surface area contributed by atoms with Gasteiger partial charge in [-0.05, 0) is 76.7 Å². The summed E-state index contributed by atoms with van der Waals surface area (Å²) in [5.74, 6) is -3.70. The average molecular weight is 841 g/mol. The Labute approximate surface area is 343 Å². The Morgan fingerprint density at radius 3 is 2.02 bits per heavy atom. The third-order valence-corrected chi connectivity index (χ3v) is 15.4. The van der Waals surface area contributed by atoms with Gasteiger partial charge in [0.2, 0.25) is 12.1 Å². The first-order valence-electron chi connectivity index (χ1n) is 20.5. The van der Waals surface area contributed by atoms with E-state index in [4.69, 9.17) is 18.9 Å². The topological polar surface area (TPSA) is 290 Å². The van der Waals surface area contributed by atoms with Gasteiger partial charge in [0.05, 0.1) is 30.3 Å². The van der Waals surface area contributed by atoms with Crippen molar-refractivity contribution in [3.05, 3.63) is 23.5 Å². The number of ether oxygens (including phenoxy) is 4. The molecule has 2 saturated carbocycles. The molecule has 334 valence electrons. The molecular formula is C42H64O17. The van der Waals surface area contributed by atoms with Gasteiger partial charge in [-0.2, -0.15) is 0 Å². The van der Waals surface area contributed by atoms with Gasteiger partial charge in [0, 0.05) is 30.1 Å². The van der Waals surface area contributed by atoms with Crippen LogP contribution >= 0.6 is 0 Å². The number of hydrogen-bond donors (Lipinski definition) is 10. The molecule has 2 heterocycles. The van der Waals surface area contributed by atoms with Gasteiger partial charge in [0.15, 0.2) is 17.8 Å². The summed E-state index contributed by atoms with van der Waals surface area (Å²) in [6.07, 6.45) is -14.4. The van der Waals surface area contributed by atoms with Crippen molar-refractivity contribution in [3.8, 4) is 0 Å². The molecule has 0 aromatic heterocycles. The van der Waals surface area contributed by atoms with Crippen LogP contribution in [0.1, 0.15) is 87.5 Å². The monoisotopic (exact) mass is 840 g/mol. The molecule has 18 atom stereocenters. The molecule has 6 rings (SSSR count). The highest BCUT2D eigenvalue weighted by Gasteiger charge is 2.74. The lowest BCUT2D eigenvalue weighted by Gasteiger charge is -2.63. The number of aliphatic hydroxyl groups is 10. The zero-order valence-electron chi connectivity index (χ0n) is 35.0. The van der Waals surface area contributed by atoms with Crippen molar-refractivity contribution in [2.75, 3.05) is 13.2 Å². The zero-order valence-corrected chi connectivity index (χ0v) is 35.0. The summed E-state index contributed by atoms with van der Waals surface area (Å²) in [6.45, 7) is 12.0. The van der Waals surface area contributed by atoms with Gasteiger partial charge < -0.3 is 70.0 Å².